The molecule has 1 saturated heterocycles. The van der Waals surface area contributed by atoms with Crippen molar-refractivity contribution in [2.24, 2.45) is 0 Å². The Morgan fingerprint density at radius 3 is 2.59 bits per heavy atom. The highest BCUT2D eigenvalue weighted by molar-refractivity contribution is 7.89. The molecule has 0 aliphatic carbocycles. The second kappa shape index (κ2) is 10.2. The van der Waals surface area contributed by atoms with E-state index >= 15 is 0 Å². The van der Waals surface area contributed by atoms with Gasteiger partial charge in [0, 0.05) is 32.7 Å². The Kier molecular flexibility index (Phi) is 7.40. The summed E-state index contributed by atoms with van der Waals surface area (Å²) in [6, 6.07) is 9.40. The summed E-state index contributed by atoms with van der Waals surface area (Å²) in [6.07, 6.45) is 1.59. The number of sulfonamides is 1. The van der Waals surface area contributed by atoms with Gasteiger partial charge in [-0.2, -0.15) is 0 Å². The fourth-order valence-corrected chi connectivity index (χ4v) is 5.26. The molecule has 174 valence electrons. The number of piperazine rings is 1. The lowest BCUT2D eigenvalue weighted by Crippen LogP contribution is -2.46. The number of unbranched alkanes of at least 4 members (excludes halogenated alkanes) is 1. The van der Waals surface area contributed by atoms with Crippen molar-refractivity contribution in [3.63, 3.8) is 0 Å². The van der Waals surface area contributed by atoms with Crippen LogP contribution in [0, 0.1) is 5.82 Å². The number of halogens is 2. The maximum absolute atomic E-state index is 13.2. The topological polar surface area (TPSA) is 71.1 Å². The number of benzene rings is 2. The fraction of sp³-hybridized carbons (Fsp3) is 0.455. The molecule has 2 aromatic rings. The molecule has 0 saturated carbocycles. The van der Waals surface area contributed by atoms with Crippen molar-refractivity contribution in [2.75, 3.05) is 57.4 Å². The number of anilines is 1. The average molecular weight is 484 g/mol. The Morgan fingerprint density at radius 1 is 1.03 bits per heavy atom. The van der Waals surface area contributed by atoms with Gasteiger partial charge in [0.25, 0.3) is 0 Å². The van der Waals surface area contributed by atoms with Gasteiger partial charge >= 0.3 is 0 Å². The van der Waals surface area contributed by atoms with Gasteiger partial charge in [0.15, 0.2) is 11.5 Å². The van der Waals surface area contributed by atoms with Crippen LogP contribution in [0.2, 0.25) is 5.02 Å². The summed E-state index contributed by atoms with van der Waals surface area (Å²) in [4.78, 5) is 4.68. The zero-order valence-electron chi connectivity index (χ0n) is 17.7. The second-order valence-electron chi connectivity index (χ2n) is 7.81. The molecule has 10 heteroatoms. The van der Waals surface area contributed by atoms with E-state index < -0.39 is 15.8 Å². The zero-order chi connectivity index (χ0) is 22.6. The molecule has 2 heterocycles. The molecule has 0 atom stereocenters. The summed E-state index contributed by atoms with van der Waals surface area (Å²) < 4.78 is 51.9. The molecule has 7 nitrogen and oxygen atoms in total. The molecule has 1 N–H and O–H groups in total. The molecule has 32 heavy (non-hydrogen) atoms. The first-order valence-electron chi connectivity index (χ1n) is 10.7. The van der Waals surface area contributed by atoms with Crippen molar-refractivity contribution < 1.29 is 22.3 Å². The first-order valence-corrected chi connectivity index (χ1v) is 12.6. The van der Waals surface area contributed by atoms with Gasteiger partial charge < -0.3 is 14.4 Å². The second-order valence-corrected chi connectivity index (χ2v) is 9.98. The summed E-state index contributed by atoms with van der Waals surface area (Å²) in [6.45, 7) is 6.05. The van der Waals surface area contributed by atoms with Crippen molar-refractivity contribution in [3.8, 4) is 11.5 Å². The van der Waals surface area contributed by atoms with Crippen molar-refractivity contribution >= 4 is 27.3 Å². The van der Waals surface area contributed by atoms with E-state index in [2.05, 4.69) is 20.6 Å². The highest BCUT2D eigenvalue weighted by Gasteiger charge is 2.23. The SMILES string of the molecule is O=S(=O)(NCCCCN1CCN(c2cccc3c2OCCO3)CC1)c1ccc(F)c(Cl)c1. The summed E-state index contributed by atoms with van der Waals surface area (Å²) in [5, 5.41) is -0.206. The number of hydrogen-bond donors (Lipinski definition) is 1. The largest absolute Gasteiger partial charge is 0.486 e. The van der Waals surface area contributed by atoms with Crippen LogP contribution in [0.3, 0.4) is 0 Å². The highest BCUT2D eigenvalue weighted by atomic mass is 35.5. The van der Waals surface area contributed by atoms with Gasteiger partial charge in [-0.15, -0.1) is 0 Å². The molecule has 0 amide bonds. The predicted molar refractivity (Wildman–Crippen MR) is 122 cm³/mol. The van der Waals surface area contributed by atoms with Crippen LogP contribution in [0.5, 0.6) is 11.5 Å². The Bertz CT molecular complexity index is 1050. The lowest BCUT2D eigenvalue weighted by molar-refractivity contribution is 0.171. The molecular weight excluding hydrogens is 457 g/mol. The smallest absolute Gasteiger partial charge is 0.240 e. The molecule has 2 aliphatic rings. The van der Waals surface area contributed by atoms with Crippen molar-refractivity contribution in [3.05, 3.63) is 47.2 Å². The number of ether oxygens (including phenoxy) is 2. The molecule has 1 fully saturated rings. The lowest BCUT2D eigenvalue weighted by Gasteiger charge is -2.37. The van der Waals surface area contributed by atoms with Crippen LogP contribution in [0.1, 0.15) is 12.8 Å². The fourth-order valence-electron chi connectivity index (χ4n) is 3.91. The minimum atomic E-state index is -3.69. The molecule has 2 aromatic carbocycles. The minimum Gasteiger partial charge on any atom is -0.486 e. The summed E-state index contributed by atoms with van der Waals surface area (Å²) in [5.41, 5.74) is 1.08. The van der Waals surface area contributed by atoms with Crippen molar-refractivity contribution in [1.82, 2.24) is 9.62 Å². The number of nitrogens with one attached hydrogen (secondary N) is 1. The van der Waals surface area contributed by atoms with Crippen LogP contribution >= 0.6 is 11.6 Å². The van der Waals surface area contributed by atoms with E-state index in [0.29, 0.717) is 26.2 Å². The predicted octanol–water partition coefficient (Wildman–Crippen LogP) is 3.13. The molecule has 2 aliphatic heterocycles. The van der Waals surface area contributed by atoms with Gasteiger partial charge in [0.2, 0.25) is 10.0 Å². The molecule has 0 radical (unpaired) electrons. The van der Waals surface area contributed by atoms with Crippen molar-refractivity contribution in [2.45, 2.75) is 17.7 Å². The van der Waals surface area contributed by atoms with Gasteiger partial charge in [-0.05, 0) is 49.7 Å². The van der Waals surface area contributed by atoms with Gasteiger partial charge in [0.1, 0.15) is 19.0 Å². The number of fused-ring (bicyclic) bond motifs is 1. The quantitative estimate of drug-likeness (QED) is 0.582. The number of nitrogens with zero attached hydrogens (tertiary/aromatic N) is 2. The van der Waals surface area contributed by atoms with Gasteiger partial charge in [-0.25, -0.2) is 17.5 Å². The normalized spacial score (nSPS) is 16.9. The molecule has 0 bridgehead atoms. The van der Waals surface area contributed by atoms with Crippen LogP contribution in [0.4, 0.5) is 10.1 Å². The lowest BCUT2D eigenvalue weighted by atomic mass is 10.2. The Hall–Kier alpha value is -2.07. The number of para-hydroxylation sites is 1. The van der Waals surface area contributed by atoms with E-state index in [9.17, 15) is 12.8 Å². The van der Waals surface area contributed by atoms with Gasteiger partial charge in [-0.3, -0.25) is 4.90 Å². The van der Waals surface area contributed by atoms with E-state index in [4.69, 9.17) is 21.1 Å². The maximum Gasteiger partial charge on any atom is 0.240 e. The van der Waals surface area contributed by atoms with Crippen LogP contribution < -0.4 is 19.1 Å². The van der Waals surface area contributed by atoms with E-state index in [1.165, 1.54) is 6.07 Å². The standard InChI is InChI=1S/C22H27ClFN3O4S/c23-18-16-17(6-7-19(18)24)32(28,29)25-8-1-2-9-26-10-12-27(13-11-26)20-4-3-5-21-22(20)31-15-14-30-21/h3-7,16,25H,1-2,8-15H2. The Labute approximate surface area is 193 Å². The molecular formula is C22H27ClFN3O4S. The van der Waals surface area contributed by atoms with Gasteiger partial charge in [-0.1, -0.05) is 17.7 Å². The Balaban J connectivity index is 1.19. The third-order valence-corrected chi connectivity index (χ3v) is 7.40. The van der Waals surface area contributed by atoms with E-state index in [1.807, 2.05) is 12.1 Å². The first-order chi connectivity index (χ1) is 15.4. The van der Waals surface area contributed by atoms with E-state index in [1.54, 1.807) is 0 Å². The average Bonchev–Trinajstić information content (AvgIpc) is 2.80. The zero-order valence-corrected chi connectivity index (χ0v) is 19.3. The number of hydrogen-bond acceptors (Lipinski definition) is 6. The van der Waals surface area contributed by atoms with Crippen LogP contribution in [0.25, 0.3) is 0 Å². The van der Waals surface area contributed by atoms with Gasteiger partial charge in [0.05, 0.1) is 15.6 Å². The third kappa shape index (κ3) is 5.46. The third-order valence-electron chi connectivity index (χ3n) is 5.65. The number of rotatable bonds is 8. The molecule has 0 aromatic heterocycles. The molecule has 4 rings (SSSR count). The summed E-state index contributed by atoms with van der Waals surface area (Å²) in [5.74, 6) is 1.00. The van der Waals surface area contributed by atoms with Crippen LogP contribution in [-0.2, 0) is 10.0 Å². The maximum atomic E-state index is 13.2. The van der Waals surface area contributed by atoms with Crippen LogP contribution in [-0.4, -0.2) is 65.8 Å². The first kappa shape index (κ1) is 23.1. The summed E-state index contributed by atoms with van der Waals surface area (Å²) in [7, 11) is -3.69. The molecule has 0 unspecified atom stereocenters. The van der Waals surface area contributed by atoms with Crippen molar-refractivity contribution in [1.29, 1.82) is 0 Å². The monoisotopic (exact) mass is 483 g/mol. The highest BCUT2D eigenvalue weighted by Crippen LogP contribution is 2.39. The van der Waals surface area contributed by atoms with Crippen LogP contribution in [0.15, 0.2) is 41.3 Å². The Morgan fingerprint density at radius 2 is 1.81 bits per heavy atom. The molecule has 0 spiro atoms. The summed E-state index contributed by atoms with van der Waals surface area (Å²) >= 11 is 5.68. The van der Waals surface area contributed by atoms with E-state index in [0.717, 1.165) is 68.5 Å². The minimum absolute atomic E-state index is 0.0301. The van der Waals surface area contributed by atoms with E-state index in [-0.39, 0.29) is 9.92 Å².